The average Bonchev–Trinajstić information content (AvgIpc) is 2.48. The highest BCUT2D eigenvalue weighted by Gasteiger charge is 2.24. The van der Waals surface area contributed by atoms with Gasteiger partial charge in [0.15, 0.2) is 0 Å². The Bertz CT molecular complexity index is 407. The third-order valence-corrected chi connectivity index (χ3v) is 4.08. The first-order valence-electron chi connectivity index (χ1n) is 7.89. The maximum absolute atomic E-state index is 4.63. The van der Waals surface area contributed by atoms with E-state index in [2.05, 4.69) is 46.9 Å². The second-order valence-corrected chi connectivity index (χ2v) is 5.59. The fraction of sp³-hybridized carbons (Fsp3) is 0.688. The lowest BCUT2D eigenvalue weighted by Gasteiger charge is -2.40. The Morgan fingerprint density at radius 1 is 1.35 bits per heavy atom. The van der Waals surface area contributed by atoms with E-state index in [-0.39, 0.29) is 0 Å². The minimum Gasteiger partial charge on any atom is -0.354 e. The van der Waals surface area contributed by atoms with Gasteiger partial charge in [0.05, 0.1) is 0 Å². The van der Waals surface area contributed by atoms with Gasteiger partial charge in [0.2, 0.25) is 0 Å². The SMILES string of the molecule is CCCNCc1cccnc1N1CCN(CC)C(C)C1. The quantitative estimate of drug-likeness (QED) is 0.806. The molecular weight excluding hydrogens is 248 g/mol. The van der Waals surface area contributed by atoms with Crippen LogP contribution >= 0.6 is 0 Å². The van der Waals surface area contributed by atoms with Crippen molar-refractivity contribution in [3.8, 4) is 0 Å². The number of likely N-dealkylation sites (N-methyl/N-ethyl adjacent to an activating group) is 1. The molecule has 1 aromatic rings. The van der Waals surface area contributed by atoms with Gasteiger partial charge in [-0.2, -0.15) is 0 Å². The van der Waals surface area contributed by atoms with Crippen molar-refractivity contribution in [1.29, 1.82) is 0 Å². The zero-order valence-electron chi connectivity index (χ0n) is 13.1. The van der Waals surface area contributed by atoms with Crippen molar-refractivity contribution in [2.45, 2.75) is 39.8 Å². The fourth-order valence-electron chi connectivity index (χ4n) is 2.91. The van der Waals surface area contributed by atoms with Crippen LogP contribution in [0.15, 0.2) is 18.3 Å². The molecule has 4 nitrogen and oxygen atoms in total. The Kier molecular flexibility index (Phi) is 5.80. The van der Waals surface area contributed by atoms with Crippen LogP contribution in [0, 0.1) is 0 Å². The lowest BCUT2D eigenvalue weighted by Crippen LogP contribution is -2.52. The topological polar surface area (TPSA) is 31.4 Å². The molecule has 20 heavy (non-hydrogen) atoms. The third-order valence-electron chi connectivity index (χ3n) is 4.08. The largest absolute Gasteiger partial charge is 0.354 e. The van der Waals surface area contributed by atoms with Gasteiger partial charge in [-0.3, -0.25) is 4.90 Å². The predicted octanol–water partition coefficient (Wildman–Crippen LogP) is 2.11. The van der Waals surface area contributed by atoms with Crippen molar-refractivity contribution in [1.82, 2.24) is 15.2 Å². The van der Waals surface area contributed by atoms with E-state index in [4.69, 9.17) is 0 Å². The zero-order chi connectivity index (χ0) is 14.4. The van der Waals surface area contributed by atoms with Crippen LogP contribution in [0.3, 0.4) is 0 Å². The number of hydrogen-bond acceptors (Lipinski definition) is 4. The van der Waals surface area contributed by atoms with Crippen molar-refractivity contribution in [2.75, 3.05) is 37.6 Å². The minimum atomic E-state index is 0.604. The zero-order valence-corrected chi connectivity index (χ0v) is 13.1. The summed E-state index contributed by atoms with van der Waals surface area (Å²) in [5, 5.41) is 3.48. The van der Waals surface area contributed by atoms with Crippen molar-refractivity contribution < 1.29 is 0 Å². The molecule has 2 heterocycles. The van der Waals surface area contributed by atoms with Crippen LogP contribution in [0.5, 0.6) is 0 Å². The predicted molar refractivity (Wildman–Crippen MR) is 85.2 cm³/mol. The van der Waals surface area contributed by atoms with E-state index in [0.29, 0.717) is 6.04 Å². The molecule has 1 atom stereocenters. The molecule has 0 saturated carbocycles. The van der Waals surface area contributed by atoms with Crippen molar-refractivity contribution in [3.63, 3.8) is 0 Å². The lowest BCUT2D eigenvalue weighted by molar-refractivity contribution is 0.199. The number of piperazine rings is 1. The van der Waals surface area contributed by atoms with E-state index in [1.807, 2.05) is 12.3 Å². The van der Waals surface area contributed by atoms with Crippen molar-refractivity contribution >= 4 is 5.82 Å². The molecule has 0 radical (unpaired) electrons. The van der Waals surface area contributed by atoms with Crippen LogP contribution < -0.4 is 10.2 Å². The van der Waals surface area contributed by atoms with Gasteiger partial charge in [-0.1, -0.05) is 19.9 Å². The van der Waals surface area contributed by atoms with Gasteiger partial charge < -0.3 is 10.2 Å². The first-order valence-corrected chi connectivity index (χ1v) is 7.89. The monoisotopic (exact) mass is 276 g/mol. The summed E-state index contributed by atoms with van der Waals surface area (Å²) >= 11 is 0. The smallest absolute Gasteiger partial charge is 0.133 e. The maximum atomic E-state index is 4.63. The number of pyridine rings is 1. The second kappa shape index (κ2) is 7.60. The Morgan fingerprint density at radius 2 is 2.20 bits per heavy atom. The van der Waals surface area contributed by atoms with E-state index in [1.165, 1.54) is 17.8 Å². The van der Waals surface area contributed by atoms with Gasteiger partial charge in [-0.15, -0.1) is 0 Å². The Labute approximate surface area is 123 Å². The second-order valence-electron chi connectivity index (χ2n) is 5.59. The van der Waals surface area contributed by atoms with Crippen LogP contribution in [0.1, 0.15) is 32.8 Å². The normalized spacial score (nSPS) is 20.4. The Hall–Kier alpha value is -1.13. The molecule has 112 valence electrons. The molecule has 0 aliphatic carbocycles. The first kappa shape index (κ1) is 15.3. The van der Waals surface area contributed by atoms with Gasteiger partial charge in [0.25, 0.3) is 0 Å². The number of anilines is 1. The van der Waals surface area contributed by atoms with Crippen LogP contribution in [0.25, 0.3) is 0 Å². The lowest BCUT2D eigenvalue weighted by atomic mass is 10.1. The highest BCUT2D eigenvalue weighted by atomic mass is 15.3. The molecule has 1 aliphatic rings. The van der Waals surface area contributed by atoms with Crippen LogP contribution in [0.4, 0.5) is 5.82 Å². The molecule has 1 unspecified atom stereocenters. The summed E-state index contributed by atoms with van der Waals surface area (Å²) in [7, 11) is 0. The molecule has 1 fully saturated rings. The fourth-order valence-corrected chi connectivity index (χ4v) is 2.91. The van der Waals surface area contributed by atoms with Gasteiger partial charge in [-0.25, -0.2) is 4.98 Å². The van der Waals surface area contributed by atoms with E-state index >= 15 is 0 Å². The van der Waals surface area contributed by atoms with E-state index in [1.54, 1.807) is 0 Å². The molecule has 1 aromatic heterocycles. The Balaban J connectivity index is 2.04. The van der Waals surface area contributed by atoms with Gasteiger partial charge in [-0.05, 0) is 32.5 Å². The molecule has 0 aromatic carbocycles. The summed E-state index contributed by atoms with van der Waals surface area (Å²) in [6.45, 7) is 13.2. The molecule has 0 spiro atoms. The maximum Gasteiger partial charge on any atom is 0.133 e. The standard InChI is InChI=1S/C16H28N4/c1-4-8-17-12-15-7-6-9-18-16(15)20-11-10-19(5-2)14(3)13-20/h6-7,9,14,17H,4-5,8,10-13H2,1-3H3. The van der Waals surface area contributed by atoms with Crippen LogP contribution in [0.2, 0.25) is 0 Å². The number of aromatic nitrogens is 1. The summed E-state index contributed by atoms with van der Waals surface area (Å²) in [4.78, 5) is 9.61. The van der Waals surface area contributed by atoms with Crippen molar-refractivity contribution in [3.05, 3.63) is 23.9 Å². The van der Waals surface area contributed by atoms with Crippen molar-refractivity contribution in [2.24, 2.45) is 0 Å². The molecule has 4 heteroatoms. The number of rotatable bonds is 6. The van der Waals surface area contributed by atoms with E-state index in [9.17, 15) is 0 Å². The molecule has 1 saturated heterocycles. The number of hydrogen-bond donors (Lipinski definition) is 1. The highest BCUT2D eigenvalue weighted by Crippen LogP contribution is 2.21. The summed E-state index contributed by atoms with van der Waals surface area (Å²) in [5.74, 6) is 1.17. The Morgan fingerprint density at radius 3 is 2.90 bits per heavy atom. The van der Waals surface area contributed by atoms with Gasteiger partial charge in [0, 0.05) is 44.0 Å². The van der Waals surface area contributed by atoms with E-state index in [0.717, 1.165) is 39.3 Å². The minimum absolute atomic E-state index is 0.604. The first-order chi connectivity index (χ1) is 9.76. The summed E-state index contributed by atoms with van der Waals surface area (Å²) in [6, 6.07) is 4.84. The summed E-state index contributed by atoms with van der Waals surface area (Å²) in [6.07, 6.45) is 3.08. The summed E-state index contributed by atoms with van der Waals surface area (Å²) < 4.78 is 0. The molecular formula is C16H28N4. The van der Waals surface area contributed by atoms with Crippen LogP contribution in [-0.2, 0) is 6.54 Å². The van der Waals surface area contributed by atoms with E-state index < -0.39 is 0 Å². The van der Waals surface area contributed by atoms with Gasteiger partial charge in [0.1, 0.15) is 5.82 Å². The van der Waals surface area contributed by atoms with Gasteiger partial charge >= 0.3 is 0 Å². The molecule has 1 N–H and O–H groups in total. The average molecular weight is 276 g/mol. The molecule has 1 aliphatic heterocycles. The summed E-state index contributed by atoms with van der Waals surface area (Å²) in [5.41, 5.74) is 1.32. The van der Waals surface area contributed by atoms with Crippen LogP contribution in [-0.4, -0.2) is 48.6 Å². The molecule has 2 rings (SSSR count). The third kappa shape index (κ3) is 3.70. The number of nitrogens with zero attached hydrogens (tertiary/aromatic N) is 3. The molecule has 0 bridgehead atoms. The highest BCUT2D eigenvalue weighted by molar-refractivity contribution is 5.47. The number of nitrogens with one attached hydrogen (secondary N) is 1. The molecule has 0 amide bonds.